The maximum atomic E-state index is 10.1. The molecule has 0 atom stereocenters. The Hall–Kier alpha value is -1.68. The number of nitrogens with two attached hydrogens (primary N) is 1. The van der Waals surface area contributed by atoms with Crippen molar-refractivity contribution in [2.75, 3.05) is 6.54 Å². The molecule has 0 aliphatic carbocycles. The standard InChI is InChI=1S/C6H8N4O3Si/c7-2-1-3-14(8-4-11,9-5-12)10-6-13/h1-3,7H2. The van der Waals surface area contributed by atoms with Gasteiger partial charge in [-0.2, -0.15) is 14.0 Å². The monoisotopic (exact) mass is 212 g/mol. The van der Waals surface area contributed by atoms with E-state index in [-0.39, 0.29) is 6.04 Å². The van der Waals surface area contributed by atoms with E-state index in [1.165, 1.54) is 18.2 Å². The first-order valence-electron chi connectivity index (χ1n) is 3.72. The normalized spacial score (nSPS) is 12.6. The first-order chi connectivity index (χ1) is 6.74. The summed E-state index contributed by atoms with van der Waals surface area (Å²) in [7, 11) is -3.29. The van der Waals surface area contributed by atoms with Crippen LogP contribution in [0.1, 0.15) is 6.42 Å². The molecular weight excluding hydrogens is 204 g/mol. The summed E-state index contributed by atoms with van der Waals surface area (Å²) in [6.07, 6.45) is 4.17. The molecule has 0 radical (unpaired) electrons. The fourth-order valence-electron chi connectivity index (χ4n) is 0.801. The molecule has 0 rings (SSSR count). The highest BCUT2D eigenvalue weighted by atomic mass is 28.4. The van der Waals surface area contributed by atoms with Gasteiger partial charge in [-0.3, -0.25) is 0 Å². The van der Waals surface area contributed by atoms with Crippen molar-refractivity contribution in [3.05, 3.63) is 0 Å². The molecule has 0 bridgehead atoms. The van der Waals surface area contributed by atoms with E-state index in [1.54, 1.807) is 0 Å². The predicted octanol–water partition coefficient (Wildman–Crippen LogP) is -0.718. The molecule has 0 aromatic carbocycles. The van der Waals surface area contributed by atoms with E-state index < -0.39 is 8.56 Å². The van der Waals surface area contributed by atoms with Crippen molar-refractivity contribution < 1.29 is 14.4 Å². The predicted molar refractivity (Wildman–Crippen MR) is 48.6 cm³/mol. The second-order valence-electron chi connectivity index (χ2n) is 2.28. The molecule has 0 fully saturated rings. The number of isocyanates is 3. The molecule has 0 amide bonds. The summed E-state index contributed by atoms with van der Waals surface area (Å²) < 4.78 is 9.88. The Morgan fingerprint density at radius 1 is 1.00 bits per heavy atom. The van der Waals surface area contributed by atoms with E-state index in [4.69, 9.17) is 5.73 Å². The van der Waals surface area contributed by atoms with Gasteiger partial charge in [0.25, 0.3) is 0 Å². The smallest absolute Gasteiger partial charge is 0.330 e. The lowest BCUT2D eigenvalue weighted by Crippen LogP contribution is -2.28. The first kappa shape index (κ1) is 12.3. The molecular formula is C6H8N4O3Si. The van der Waals surface area contributed by atoms with Crippen LogP contribution in [0.5, 0.6) is 0 Å². The van der Waals surface area contributed by atoms with Gasteiger partial charge in [-0.25, -0.2) is 14.4 Å². The Balaban J connectivity index is 5.01. The van der Waals surface area contributed by atoms with Gasteiger partial charge in [0, 0.05) is 6.04 Å². The van der Waals surface area contributed by atoms with Crippen molar-refractivity contribution in [3.63, 3.8) is 0 Å². The minimum Gasteiger partial charge on any atom is -0.330 e. The summed E-state index contributed by atoms with van der Waals surface area (Å²) in [5, 5.41) is 0. The van der Waals surface area contributed by atoms with Crippen LogP contribution < -0.4 is 5.73 Å². The van der Waals surface area contributed by atoms with Gasteiger partial charge in [0.2, 0.25) is 18.2 Å². The van der Waals surface area contributed by atoms with Crippen LogP contribution in [-0.2, 0) is 14.4 Å². The van der Waals surface area contributed by atoms with Gasteiger partial charge in [0.1, 0.15) is 0 Å². The van der Waals surface area contributed by atoms with E-state index >= 15 is 0 Å². The van der Waals surface area contributed by atoms with Crippen LogP contribution >= 0.6 is 0 Å². The molecule has 74 valence electrons. The van der Waals surface area contributed by atoms with E-state index in [9.17, 15) is 14.4 Å². The maximum absolute atomic E-state index is 10.1. The Morgan fingerprint density at radius 3 is 1.71 bits per heavy atom. The SMILES string of the molecule is NCCC[Si](N=C=O)(N=C=O)N=C=O. The molecule has 14 heavy (non-hydrogen) atoms. The van der Waals surface area contributed by atoms with Crippen LogP contribution in [0.3, 0.4) is 0 Å². The van der Waals surface area contributed by atoms with Gasteiger partial charge >= 0.3 is 8.56 Å². The summed E-state index contributed by atoms with van der Waals surface area (Å²) >= 11 is 0. The van der Waals surface area contributed by atoms with Crippen LogP contribution in [0.4, 0.5) is 0 Å². The second kappa shape index (κ2) is 6.79. The highest BCUT2D eigenvalue weighted by molar-refractivity contribution is 6.76. The minimum atomic E-state index is -3.29. The summed E-state index contributed by atoms with van der Waals surface area (Å²) in [6, 6.07) is 0.198. The van der Waals surface area contributed by atoms with E-state index in [0.29, 0.717) is 13.0 Å². The van der Waals surface area contributed by atoms with E-state index in [0.717, 1.165) is 0 Å². The highest BCUT2D eigenvalue weighted by Gasteiger charge is 2.35. The highest BCUT2D eigenvalue weighted by Crippen LogP contribution is 2.15. The molecule has 7 nitrogen and oxygen atoms in total. The van der Waals surface area contributed by atoms with Crippen LogP contribution in [0.2, 0.25) is 6.04 Å². The molecule has 0 aliphatic rings. The lowest BCUT2D eigenvalue weighted by atomic mass is 10.5. The molecule has 0 saturated heterocycles. The Labute approximate surface area is 80.7 Å². The maximum Gasteiger partial charge on any atom is 0.467 e. The van der Waals surface area contributed by atoms with Crippen molar-refractivity contribution in [1.29, 1.82) is 0 Å². The van der Waals surface area contributed by atoms with Crippen LogP contribution in [0, 0.1) is 0 Å². The third-order valence-electron chi connectivity index (χ3n) is 1.39. The molecule has 2 N–H and O–H groups in total. The number of hydrogen-bond acceptors (Lipinski definition) is 7. The largest absolute Gasteiger partial charge is 0.467 e. The topological polar surface area (TPSA) is 114 Å². The van der Waals surface area contributed by atoms with Crippen LogP contribution in [0.25, 0.3) is 0 Å². The molecule has 0 saturated carbocycles. The van der Waals surface area contributed by atoms with Gasteiger partial charge < -0.3 is 5.73 Å². The third-order valence-corrected chi connectivity index (χ3v) is 3.76. The van der Waals surface area contributed by atoms with Gasteiger partial charge in [-0.15, -0.1) is 0 Å². The average molecular weight is 212 g/mol. The van der Waals surface area contributed by atoms with Crippen LogP contribution in [0.15, 0.2) is 14.0 Å². The van der Waals surface area contributed by atoms with E-state index in [1.807, 2.05) is 0 Å². The average Bonchev–Trinajstić information content (AvgIpc) is 2.16. The second-order valence-corrected chi connectivity index (χ2v) is 5.00. The zero-order chi connectivity index (χ0) is 10.9. The zero-order valence-electron chi connectivity index (χ0n) is 7.27. The molecule has 0 aliphatic heterocycles. The lowest BCUT2D eigenvalue weighted by Gasteiger charge is -2.08. The Kier molecular flexibility index (Phi) is 5.98. The van der Waals surface area contributed by atoms with Crippen LogP contribution in [-0.4, -0.2) is 33.3 Å². The first-order valence-corrected chi connectivity index (χ1v) is 5.76. The van der Waals surface area contributed by atoms with Crippen molar-refractivity contribution >= 4 is 26.8 Å². The minimum absolute atomic E-state index is 0.198. The number of hydrogen-bond donors (Lipinski definition) is 1. The Morgan fingerprint density at radius 2 is 1.43 bits per heavy atom. The summed E-state index contributed by atoms with van der Waals surface area (Å²) in [5.74, 6) is 0. The molecule has 8 heteroatoms. The summed E-state index contributed by atoms with van der Waals surface area (Å²) in [5.41, 5.74) is 5.23. The summed E-state index contributed by atoms with van der Waals surface area (Å²) in [6.45, 7) is 0.325. The fourth-order valence-corrected chi connectivity index (χ4v) is 2.40. The molecule has 0 aromatic rings. The van der Waals surface area contributed by atoms with Gasteiger partial charge in [0.05, 0.1) is 0 Å². The summed E-state index contributed by atoms with van der Waals surface area (Å²) in [4.78, 5) is 30.2. The molecule has 0 aromatic heterocycles. The van der Waals surface area contributed by atoms with Crippen molar-refractivity contribution in [1.82, 2.24) is 0 Å². The molecule has 0 unspecified atom stereocenters. The quantitative estimate of drug-likeness (QED) is 0.355. The third kappa shape index (κ3) is 3.82. The number of carbonyl (C=O) groups excluding carboxylic acids is 3. The number of nitrogens with zero attached hydrogens (tertiary/aromatic N) is 3. The van der Waals surface area contributed by atoms with Gasteiger partial charge in [0.15, 0.2) is 0 Å². The molecule has 0 spiro atoms. The fraction of sp³-hybridized carbons (Fsp3) is 0.500. The zero-order valence-corrected chi connectivity index (χ0v) is 8.27. The Bertz CT molecular complexity index is 280. The van der Waals surface area contributed by atoms with Crippen molar-refractivity contribution in [3.8, 4) is 0 Å². The van der Waals surface area contributed by atoms with Crippen molar-refractivity contribution in [2.45, 2.75) is 12.5 Å². The van der Waals surface area contributed by atoms with Gasteiger partial charge in [-0.05, 0) is 13.0 Å². The van der Waals surface area contributed by atoms with Gasteiger partial charge in [-0.1, -0.05) is 0 Å². The van der Waals surface area contributed by atoms with Crippen molar-refractivity contribution in [2.24, 2.45) is 19.7 Å². The molecule has 0 heterocycles. The lowest BCUT2D eigenvalue weighted by molar-refractivity contribution is 0.564. The van der Waals surface area contributed by atoms with E-state index in [2.05, 4.69) is 14.0 Å². The number of rotatable bonds is 6.